The van der Waals surface area contributed by atoms with Gasteiger partial charge in [0, 0.05) is 22.6 Å². The van der Waals surface area contributed by atoms with Gasteiger partial charge in [-0.3, -0.25) is 9.59 Å². The van der Waals surface area contributed by atoms with Crippen LogP contribution in [0.4, 0.5) is 4.39 Å². The molecule has 0 saturated carbocycles. The molecule has 4 aliphatic rings. The van der Waals surface area contributed by atoms with E-state index in [2.05, 4.69) is 10.8 Å². The van der Waals surface area contributed by atoms with Crippen LogP contribution < -0.4 is 16.4 Å². The van der Waals surface area contributed by atoms with Gasteiger partial charge in [-0.2, -0.15) is 5.48 Å². The Morgan fingerprint density at radius 3 is 2.85 bits per heavy atom. The van der Waals surface area contributed by atoms with Crippen LogP contribution in [0.25, 0.3) is 22.3 Å². The number of nitrogens with one attached hydrogen (secondary N) is 2. The van der Waals surface area contributed by atoms with E-state index in [1.54, 1.807) is 24.5 Å². The SMILES string of the molecule is CC[C@@]1(O)C(=O)OCc2c1cc1n(c2=O)Cc2c-1nc1cc(F)c(C)c3c1c2[C@@H](NC(=O)[C@@H]1CCON1)CC3. The zero-order chi connectivity index (χ0) is 27.2. The van der Waals surface area contributed by atoms with Gasteiger partial charge in [0.25, 0.3) is 5.56 Å². The van der Waals surface area contributed by atoms with Crippen molar-refractivity contribution in [3.8, 4) is 11.4 Å². The molecule has 39 heavy (non-hydrogen) atoms. The van der Waals surface area contributed by atoms with Crippen LogP contribution in [-0.4, -0.2) is 39.2 Å². The second kappa shape index (κ2) is 8.41. The van der Waals surface area contributed by atoms with Gasteiger partial charge in [-0.15, -0.1) is 0 Å². The second-order valence-corrected chi connectivity index (χ2v) is 10.7. The van der Waals surface area contributed by atoms with Gasteiger partial charge in [-0.1, -0.05) is 6.92 Å². The Balaban J connectivity index is 1.46. The van der Waals surface area contributed by atoms with Gasteiger partial charge in [0.15, 0.2) is 5.60 Å². The average Bonchev–Trinajstić information content (AvgIpc) is 3.59. The van der Waals surface area contributed by atoms with Crippen LogP contribution in [0.5, 0.6) is 0 Å². The van der Waals surface area contributed by atoms with Crippen molar-refractivity contribution in [1.82, 2.24) is 20.3 Å². The molecule has 11 heteroatoms. The molecule has 3 aromatic rings. The molecule has 2 aromatic heterocycles. The van der Waals surface area contributed by atoms with E-state index in [-0.39, 0.29) is 54.0 Å². The fraction of sp³-hybridized carbons (Fsp3) is 0.429. The van der Waals surface area contributed by atoms with E-state index in [4.69, 9.17) is 14.6 Å². The summed E-state index contributed by atoms with van der Waals surface area (Å²) in [6, 6.07) is 2.18. The van der Waals surface area contributed by atoms with Crippen molar-refractivity contribution in [2.24, 2.45) is 0 Å². The molecule has 0 unspecified atom stereocenters. The average molecular weight is 535 g/mol. The zero-order valence-corrected chi connectivity index (χ0v) is 21.5. The molecule has 3 aliphatic heterocycles. The maximum Gasteiger partial charge on any atom is 0.343 e. The quantitative estimate of drug-likeness (QED) is 0.340. The normalized spacial score (nSPS) is 24.8. The molecule has 1 fully saturated rings. The number of pyridine rings is 2. The van der Waals surface area contributed by atoms with E-state index in [1.165, 1.54) is 6.07 Å². The summed E-state index contributed by atoms with van der Waals surface area (Å²) in [5, 5.41) is 15.1. The monoisotopic (exact) mass is 534 g/mol. The number of cyclic esters (lactones) is 1. The summed E-state index contributed by atoms with van der Waals surface area (Å²) in [5.41, 5.74) is 5.22. The molecule has 1 amide bonds. The molecular weight excluding hydrogens is 507 g/mol. The summed E-state index contributed by atoms with van der Waals surface area (Å²) >= 11 is 0. The molecule has 1 aliphatic carbocycles. The predicted molar refractivity (Wildman–Crippen MR) is 136 cm³/mol. The highest BCUT2D eigenvalue weighted by Gasteiger charge is 2.46. The van der Waals surface area contributed by atoms with Gasteiger partial charge < -0.3 is 24.6 Å². The molecule has 3 atom stereocenters. The highest BCUT2D eigenvalue weighted by molar-refractivity contribution is 5.94. The number of carbonyl (C=O) groups excluding carboxylic acids is 2. The first-order chi connectivity index (χ1) is 18.7. The van der Waals surface area contributed by atoms with E-state index in [1.807, 2.05) is 0 Å². The smallest absolute Gasteiger partial charge is 0.343 e. The molecule has 1 aromatic carbocycles. The molecule has 10 nitrogen and oxygen atoms in total. The van der Waals surface area contributed by atoms with Gasteiger partial charge in [0.2, 0.25) is 5.91 Å². The third-order valence-electron chi connectivity index (χ3n) is 8.75. The number of aryl methyl sites for hydroxylation is 1. The van der Waals surface area contributed by atoms with Crippen LogP contribution in [0.1, 0.15) is 65.6 Å². The first-order valence-electron chi connectivity index (χ1n) is 13.2. The van der Waals surface area contributed by atoms with Crippen LogP contribution in [0.3, 0.4) is 0 Å². The lowest BCUT2D eigenvalue weighted by Crippen LogP contribution is -2.44. The number of nitrogens with zero attached hydrogens (tertiary/aromatic N) is 2. The Morgan fingerprint density at radius 1 is 1.28 bits per heavy atom. The minimum atomic E-state index is -1.94. The number of ether oxygens (including phenoxy) is 1. The number of benzene rings is 1. The number of hydrogen-bond donors (Lipinski definition) is 3. The third kappa shape index (κ3) is 3.30. The Kier molecular flexibility index (Phi) is 5.26. The van der Waals surface area contributed by atoms with Crippen molar-refractivity contribution in [2.75, 3.05) is 6.61 Å². The first kappa shape index (κ1) is 24.4. The summed E-state index contributed by atoms with van der Waals surface area (Å²) in [5.74, 6) is -1.35. The molecule has 3 N–H and O–H groups in total. The van der Waals surface area contributed by atoms with Gasteiger partial charge in [0.05, 0.1) is 41.7 Å². The summed E-state index contributed by atoms with van der Waals surface area (Å²) in [4.78, 5) is 49.3. The number of aromatic nitrogens is 2. The standard InChI is InChI=1S/C28H27FN4O6/c1-3-28(37)16-8-21-24-14(10-33(21)26(35)15(16)11-38-27(28)36)23-18(31-25(34)19-6-7-39-32-19)5-4-13-12(2)17(29)9-20(30-24)22(13)23/h8-9,18-19,32,37H,3-7,10-11H2,1-2H3,(H,31,34)/t18-,19-,28-/m0/s1. The largest absolute Gasteiger partial charge is 0.458 e. The lowest BCUT2D eigenvalue weighted by Gasteiger charge is -2.31. The number of hydrogen-bond acceptors (Lipinski definition) is 8. The van der Waals surface area contributed by atoms with Gasteiger partial charge >= 0.3 is 5.97 Å². The number of rotatable bonds is 3. The molecule has 7 rings (SSSR count). The fourth-order valence-electron chi connectivity index (χ4n) is 6.55. The van der Waals surface area contributed by atoms with Gasteiger partial charge in [-0.25, -0.2) is 14.2 Å². The Labute approximate surface area is 222 Å². The summed E-state index contributed by atoms with van der Waals surface area (Å²) in [6.07, 6.45) is 1.71. The second-order valence-electron chi connectivity index (χ2n) is 10.7. The number of esters is 1. The number of halogens is 1. The van der Waals surface area contributed by atoms with Crippen molar-refractivity contribution in [3.63, 3.8) is 0 Å². The number of carbonyl (C=O) groups is 2. The van der Waals surface area contributed by atoms with Crippen molar-refractivity contribution >= 4 is 22.8 Å². The van der Waals surface area contributed by atoms with Crippen molar-refractivity contribution in [1.29, 1.82) is 0 Å². The molecule has 202 valence electrons. The van der Waals surface area contributed by atoms with Crippen molar-refractivity contribution in [2.45, 2.75) is 70.4 Å². The predicted octanol–water partition coefficient (Wildman–Crippen LogP) is 1.92. The van der Waals surface area contributed by atoms with Crippen LogP contribution in [0, 0.1) is 12.7 Å². The number of fused-ring (bicyclic) bond motifs is 5. The van der Waals surface area contributed by atoms with E-state index < -0.39 is 17.6 Å². The summed E-state index contributed by atoms with van der Waals surface area (Å²) in [6.45, 7) is 3.81. The van der Waals surface area contributed by atoms with Crippen molar-refractivity contribution in [3.05, 3.63) is 61.7 Å². The molecule has 0 bridgehead atoms. The van der Waals surface area contributed by atoms with Crippen LogP contribution in [0.2, 0.25) is 0 Å². The topological polar surface area (TPSA) is 132 Å². The van der Waals surface area contributed by atoms with Crippen LogP contribution in [0.15, 0.2) is 16.9 Å². The maximum atomic E-state index is 15.0. The fourth-order valence-corrected chi connectivity index (χ4v) is 6.55. The third-order valence-corrected chi connectivity index (χ3v) is 8.75. The molecular formula is C28H27FN4O6. The molecule has 5 heterocycles. The van der Waals surface area contributed by atoms with Crippen LogP contribution in [-0.2, 0) is 44.3 Å². The minimum Gasteiger partial charge on any atom is -0.458 e. The molecule has 0 spiro atoms. The summed E-state index contributed by atoms with van der Waals surface area (Å²) < 4.78 is 21.8. The number of aliphatic hydroxyl groups is 1. The number of amides is 1. The Bertz CT molecular complexity index is 1680. The highest BCUT2D eigenvalue weighted by Crippen LogP contribution is 2.46. The van der Waals surface area contributed by atoms with E-state index in [0.717, 1.165) is 22.1 Å². The molecule has 1 saturated heterocycles. The van der Waals surface area contributed by atoms with Gasteiger partial charge in [0.1, 0.15) is 18.5 Å². The van der Waals surface area contributed by atoms with E-state index in [0.29, 0.717) is 48.3 Å². The maximum absolute atomic E-state index is 15.0. The molecule has 0 radical (unpaired) electrons. The highest BCUT2D eigenvalue weighted by atomic mass is 19.1. The van der Waals surface area contributed by atoms with Crippen LogP contribution >= 0.6 is 0 Å². The Morgan fingerprint density at radius 2 is 2.10 bits per heavy atom. The van der Waals surface area contributed by atoms with Crippen molar-refractivity contribution < 1.29 is 28.7 Å². The van der Waals surface area contributed by atoms with Gasteiger partial charge in [-0.05, 0) is 55.4 Å². The zero-order valence-electron chi connectivity index (χ0n) is 21.5. The van der Waals surface area contributed by atoms with E-state index >= 15 is 4.39 Å². The summed E-state index contributed by atoms with van der Waals surface area (Å²) in [7, 11) is 0. The lowest BCUT2D eigenvalue weighted by molar-refractivity contribution is -0.172. The number of hydroxylamine groups is 1. The first-order valence-corrected chi connectivity index (χ1v) is 13.2. The Hall–Kier alpha value is -3.67. The lowest BCUT2D eigenvalue weighted by atomic mass is 9.81. The minimum absolute atomic E-state index is 0.0336. The van der Waals surface area contributed by atoms with E-state index in [9.17, 15) is 19.5 Å².